The Morgan fingerprint density at radius 1 is 1.32 bits per heavy atom. The summed E-state index contributed by atoms with van der Waals surface area (Å²) in [5, 5.41) is 0. The highest BCUT2D eigenvalue weighted by Gasteiger charge is 2.25. The molecule has 2 nitrogen and oxygen atoms in total. The number of hydrogen-bond donors (Lipinski definition) is 0. The van der Waals surface area contributed by atoms with E-state index in [0.29, 0.717) is 26.1 Å². The molecule has 106 valence electrons. The van der Waals surface area contributed by atoms with Crippen molar-refractivity contribution < 1.29 is 9.53 Å². The van der Waals surface area contributed by atoms with Gasteiger partial charge in [-0.05, 0) is 37.2 Å². The third-order valence-electron chi connectivity index (χ3n) is 3.54. The molecule has 2 unspecified atom stereocenters. The summed E-state index contributed by atoms with van der Waals surface area (Å²) < 4.78 is 6.74. The standard InChI is InChI=1S/C14H18Cl2O2S/c1-8-3-9(2)5-10(4-8)18-7-12(17)11-6-13(15)19-14(11)16/h6,8-10H,3-5,7H2,1-2H3. The Kier molecular flexibility index (Phi) is 5.29. The van der Waals surface area contributed by atoms with E-state index >= 15 is 0 Å². The molecular weight excluding hydrogens is 303 g/mol. The first-order valence-electron chi connectivity index (χ1n) is 6.55. The van der Waals surface area contributed by atoms with Gasteiger partial charge in [-0.3, -0.25) is 4.79 Å². The monoisotopic (exact) mass is 320 g/mol. The summed E-state index contributed by atoms with van der Waals surface area (Å²) >= 11 is 13.0. The number of ether oxygens (including phenoxy) is 1. The number of halogens is 2. The van der Waals surface area contributed by atoms with Crippen LogP contribution >= 0.6 is 34.5 Å². The predicted octanol–water partition coefficient (Wildman–Crippen LogP) is 5.08. The van der Waals surface area contributed by atoms with Gasteiger partial charge in [-0.1, -0.05) is 37.0 Å². The van der Waals surface area contributed by atoms with Crippen LogP contribution in [0.3, 0.4) is 0 Å². The van der Waals surface area contributed by atoms with Crippen molar-refractivity contribution >= 4 is 40.3 Å². The third kappa shape index (κ3) is 4.19. The molecule has 1 aliphatic carbocycles. The molecule has 2 atom stereocenters. The number of carbonyl (C=O) groups is 1. The highest BCUT2D eigenvalue weighted by Crippen LogP contribution is 2.33. The SMILES string of the molecule is CC1CC(C)CC(OCC(=O)c2cc(Cl)sc2Cl)C1. The fourth-order valence-corrected chi connectivity index (χ4v) is 4.31. The van der Waals surface area contributed by atoms with Crippen molar-refractivity contribution in [3.63, 3.8) is 0 Å². The summed E-state index contributed by atoms with van der Waals surface area (Å²) in [4.78, 5) is 12.0. The second-order valence-corrected chi connectivity index (χ2v) is 7.80. The van der Waals surface area contributed by atoms with Crippen molar-refractivity contribution in [1.29, 1.82) is 0 Å². The van der Waals surface area contributed by atoms with Crippen LogP contribution < -0.4 is 0 Å². The Balaban J connectivity index is 1.88. The lowest BCUT2D eigenvalue weighted by molar-refractivity contribution is 0.00564. The molecule has 1 heterocycles. The largest absolute Gasteiger partial charge is 0.370 e. The minimum Gasteiger partial charge on any atom is -0.370 e. The molecule has 0 N–H and O–H groups in total. The van der Waals surface area contributed by atoms with E-state index in [1.165, 1.54) is 17.8 Å². The van der Waals surface area contributed by atoms with E-state index in [1.54, 1.807) is 6.07 Å². The Hall–Kier alpha value is -0.0900. The number of Topliss-reactive ketones (excluding diaryl/α,β-unsaturated/α-hetero) is 1. The first kappa shape index (κ1) is 15.3. The molecule has 0 amide bonds. The van der Waals surface area contributed by atoms with Crippen molar-refractivity contribution in [3.05, 3.63) is 20.3 Å². The lowest BCUT2D eigenvalue weighted by Crippen LogP contribution is -2.28. The summed E-state index contributed by atoms with van der Waals surface area (Å²) in [5.41, 5.74) is 0.480. The van der Waals surface area contributed by atoms with E-state index < -0.39 is 0 Å². The minimum atomic E-state index is -0.0842. The molecule has 0 aliphatic heterocycles. The van der Waals surface area contributed by atoms with Crippen LogP contribution in [0.1, 0.15) is 43.5 Å². The smallest absolute Gasteiger partial charge is 0.190 e. The summed E-state index contributed by atoms with van der Waals surface area (Å²) in [5.74, 6) is 1.25. The second-order valence-electron chi connectivity index (χ2n) is 5.51. The van der Waals surface area contributed by atoms with Crippen LogP contribution in [0.15, 0.2) is 6.07 Å². The maximum Gasteiger partial charge on any atom is 0.190 e. The average molecular weight is 321 g/mol. The van der Waals surface area contributed by atoms with Gasteiger partial charge in [-0.2, -0.15) is 0 Å². The van der Waals surface area contributed by atoms with E-state index in [1.807, 2.05) is 0 Å². The molecule has 1 saturated carbocycles. The summed E-state index contributed by atoms with van der Waals surface area (Å²) in [6.45, 7) is 4.57. The summed E-state index contributed by atoms with van der Waals surface area (Å²) in [7, 11) is 0. The van der Waals surface area contributed by atoms with Crippen LogP contribution in [0.2, 0.25) is 8.67 Å². The van der Waals surface area contributed by atoms with Crippen LogP contribution in [0, 0.1) is 11.8 Å². The van der Waals surface area contributed by atoms with Crippen LogP contribution in [0.5, 0.6) is 0 Å². The van der Waals surface area contributed by atoms with Gasteiger partial charge >= 0.3 is 0 Å². The van der Waals surface area contributed by atoms with Crippen molar-refractivity contribution in [1.82, 2.24) is 0 Å². The van der Waals surface area contributed by atoms with Gasteiger partial charge in [0.15, 0.2) is 5.78 Å². The molecule has 0 radical (unpaired) electrons. The van der Waals surface area contributed by atoms with Crippen molar-refractivity contribution in [2.24, 2.45) is 11.8 Å². The number of carbonyl (C=O) groups excluding carboxylic acids is 1. The van der Waals surface area contributed by atoms with Crippen molar-refractivity contribution in [2.45, 2.75) is 39.2 Å². The van der Waals surface area contributed by atoms with Gasteiger partial charge in [0.05, 0.1) is 16.0 Å². The molecule has 1 aliphatic rings. The first-order chi connectivity index (χ1) is 8.95. The Morgan fingerprint density at radius 2 is 1.95 bits per heavy atom. The van der Waals surface area contributed by atoms with Crippen LogP contribution in [0.4, 0.5) is 0 Å². The van der Waals surface area contributed by atoms with E-state index in [2.05, 4.69) is 13.8 Å². The molecule has 1 aromatic rings. The van der Waals surface area contributed by atoms with Crippen molar-refractivity contribution in [2.75, 3.05) is 6.61 Å². The lowest BCUT2D eigenvalue weighted by Gasteiger charge is -2.31. The Labute approximate surface area is 128 Å². The normalized spacial score (nSPS) is 27.5. The molecule has 0 bridgehead atoms. The molecule has 1 fully saturated rings. The fraction of sp³-hybridized carbons (Fsp3) is 0.643. The zero-order valence-corrected chi connectivity index (χ0v) is 13.4. The average Bonchev–Trinajstić information content (AvgIpc) is 2.64. The Morgan fingerprint density at radius 3 is 2.47 bits per heavy atom. The molecule has 2 rings (SSSR count). The topological polar surface area (TPSA) is 26.3 Å². The lowest BCUT2D eigenvalue weighted by atomic mass is 9.82. The molecule has 0 spiro atoms. The molecule has 5 heteroatoms. The van der Waals surface area contributed by atoms with Crippen molar-refractivity contribution in [3.8, 4) is 0 Å². The highest BCUT2D eigenvalue weighted by molar-refractivity contribution is 7.20. The van der Waals surface area contributed by atoms with Gasteiger partial charge in [0.1, 0.15) is 10.9 Å². The number of thiophene rings is 1. The Bertz CT molecular complexity index is 448. The number of rotatable bonds is 4. The summed E-state index contributed by atoms with van der Waals surface area (Å²) in [6, 6.07) is 1.62. The van der Waals surface area contributed by atoms with E-state index in [9.17, 15) is 4.79 Å². The van der Waals surface area contributed by atoms with E-state index in [-0.39, 0.29) is 18.5 Å². The van der Waals surface area contributed by atoms with Crippen LogP contribution in [-0.4, -0.2) is 18.5 Å². The fourth-order valence-electron chi connectivity index (χ4n) is 2.81. The minimum absolute atomic E-state index is 0.0842. The van der Waals surface area contributed by atoms with Gasteiger partial charge in [0, 0.05) is 0 Å². The molecule has 0 saturated heterocycles. The quantitative estimate of drug-likeness (QED) is 0.723. The molecular formula is C14H18Cl2O2S. The molecule has 0 aromatic carbocycles. The van der Waals surface area contributed by atoms with E-state index in [0.717, 1.165) is 12.8 Å². The van der Waals surface area contributed by atoms with Gasteiger partial charge < -0.3 is 4.74 Å². The zero-order valence-electron chi connectivity index (χ0n) is 11.1. The van der Waals surface area contributed by atoms with Gasteiger partial charge in [-0.15, -0.1) is 11.3 Å². The number of ketones is 1. The van der Waals surface area contributed by atoms with Crippen LogP contribution in [0.25, 0.3) is 0 Å². The maximum absolute atomic E-state index is 12.0. The summed E-state index contributed by atoms with van der Waals surface area (Å²) in [6.07, 6.45) is 3.52. The van der Waals surface area contributed by atoms with Crippen LogP contribution in [-0.2, 0) is 4.74 Å². The zero-order chi connectivity index (χ0) is 14.0. The predicted molar refractivity (Wildman–Crippen MR) is 80.6 cm³/mol. The second kappa shape index (κ2) is 6.57. The first-order valence-corrected chi connectivity index (χ1v) is 8.12. The van der Waals surface area contributed by atoms with Gasteiger partial charge in [0.2, 0.25) is 0 Å². The van der Waals surface area contributed by atoms with Gasteiger partial charge in [-0.25, -0.2) is 0 Å². The highest BCUT2D eigenvalue weighted by atomic mass is 35.5. The van der Waals surface area contributed by atoms with E-state index in [4.69, 9.17) is 27.9 Å². The van der Waals surface area contributed by atoms with Gasteiger partial charge in [0.25, 0.3) is 0 Å². The molecule has 1 aromatic heterocycles. The number of hydrogen-bond acceptors (Lipinski definition) is 3. The maximum atomic E-state index is 12.0. The molecule has 19 heavy (non-hydrogen) atoms. The third-order valence-corrected chi connectivity index (χ3v) is 5.03.